The number of nitrogens with zero attached hydrogens (tertiary/aromatic N) is 1. The lowest BCUT2D eigenvalue weighted by Gasteiger charge is -2.19. The van der Waals surface area contributed by atoms with E-state index in [0.29, 0.717) is 0 Å². The van der Waals surface area contributed by atoms with Crippen molar-refractivity contribution in [2.24, 2.45) is 10.9 Å². The number of hydrogen-bond donors (Lipinski definition) is 2. The third kappa shape index (κ3) is 4.83. The Morgan fingerprint density at radius 1 is 1.25 bits per heavy atom. The molecule has 1 heterocycles. The number of thiophene rings is 1. The summed E-state index contributed by atoms with van der Waals surface area (Å²) in [5.74, 6) is -0.0224. The maximum absolute atomic E-state index is 12.1. The fourth-order valence-corrected chi connectivity index (χ4v) is 2.59. The van der Waals surface area contributed by atoms with Gasteiger partial charge in [0, 0.05) is 16.6 Å². The van der Waals surface area contributed by atoms with Crippen LogP contribution in [0.2, 0.25) is 0 Å². The highest BCUT2D eigenvalue weighted by Gasteiger charge is 2.16. The minimum Gasteiger partial charge on any atom is -0.381 e. The van der Waals surface area contributed by atoms with Gasteiger partial charge >= 0.3 is 0 Å². The number of benzene rings is 1. The molecule has 0 bridgehead atoms. The molecule has 3 N–H and O–H groups in total. The lowest BCUT2D eigenvalue weighted by Crippen LogP contribution is -2.27. The van der Waals surface area contributed by atoms with Crippen molar-refractivity contribution >= 4 is 28.8 Å². The quantitative estimate of drug-likeness (QED) is 0.493. The Hall–Kier alpha value is -2.34. The first-order valence-corrected chi connectivity index (χ1v) is 8.65. The molecule has 0 saturated carbocycles. The van der Waals surface area contributed by atoms with Crippen molar-refractivity contribution in [3.05, 3.63) is 52.2 Å². The first-order valence-electron chi connectivity index (χ1n) is 7.70. The van der Waals surface area contributed by atoms with Crippen LogP contribution < -0.4 is 11.1 Å². The number of carbonyl (C=O) groups is 1. The summed E-state index contributed by atoms with van der Waals surface area (Å²) in [6, 6.07) is 9.62. The summed E-state index contributed by atoms with van der Waals surface area (Å²) >= 11 is 1.52. The van der Waals surface area contributed by atoms with E-state index in [0.717, 1.165) is 11.3 Å². The summed E-state index contributed by atoms with van der Waals surface area (Å²) in [4.78, 5) is 17.3. The number of oxime groups is 1. The van der Waals surface area contributed by atoms with Crippen LogP contribution in [-0.4, -0.2) is 17.8 Å². The van der Waals surface area contributed by atoms with Crippen LogP contribution in [0.5, 0.6) is 0 Å². The predicted molar refractivity (Wildman–Crippen MR) is 99.4 cm³/mol. The fraction of sp³-hybridized carbons (Fsp3) is 0.333. The Labute approximate surface area is 146 Å². The van der Waals surface area contributed by atoms with Crippen molar-refractivity contribution in [3.8, 4) is 0 Å². The lowest BCUT2D eigenvalue weighted by molar-refractivity contribution is -0.126. The van der Waals surface area contributed by atoms with E-state index in [-0.39, 0.29) is 17.2 Å². The van der Waals surface area contributed by atoms with Crippen LogP contribution >= 0.6 is 11.3 Å². The number of carbonyl (C=O) groups excluding carboxylic acids is 1. The van der Waals surface area contributed by atoms with E-state index in [4.69, 9.17) is 10.6 Å². The van der Waals surface area contributed by atoms with E-state index in [2.05, 4.69) is 31.2 Å². The summed E-state index contributed by atoms with van der Waals surface area (Å²) in [6.07, 6.45) is -0.746. The van der Waals surface area contributed by atoms with Gasteiger partial charge in [0.25, 0.3) is 5.91 Å². The topological polar surface area (TPSA) is 76.7 Å². The molecule has 128 valence electrons. The summed E-state index contributed by atoms with van der Waals surface area (Å²) in [7, 11) is 0. The maximum atomic E-state index is 12.1. The monoisotopic (exact) mass is 345 g/mol. The Balaban J connectivity index is 1.93. The number of rotatable bonds is 5. The molecule has 5 nitrogen and oxygen atoms in total. The van der Waals surface area contributed by atoms with Gasteiger partial charge in [0.15, 0.2) is 5.84 Å². The number of anilines is 1. The Morgan fingerprint density at radius 3 is 2.46 bits per heavy atom. The molecule has 1 aromatic heterocycles. The fourth-order valence-electron chi connectivity index (χ4n) is 1.94. The average molecular weight is 345 g/mol. The van der Waals surface area contributed by atoms with Gasteiger partial charge in [-0.3, -0.25) is 4.79 Å². The maximum Gasteiger partial charge on any atom is 0.267 e. The predicted octanol–water partition coefficient (Wildman–Crippen LogP) is 3.71. The second-order valence-corrected chi connectivity index (χ2v) is 7.33. The van der Waals surface area contributed by atoms with Crippen molar-refractivity contribution in [1.29, 1.82) is 0 Å². The summed E-state index contributed by atoms with van der Waals surface area (Å²) in [6.45, 7) is 8.06. The van der Waals surface area contributed by atoms with Gasteiger partial charge in [-0.05, 0) is 41.5 Å². The van der Waals surface area contributed by atoms with Gasteiger partial charge < -0.3 is 15.9 Å². The van der Waals surface area contributed by atoms with Gasteiger partial charge in [0.2, 0.25) is 6.10 Å². The molecule has 0 aliphatic carbocycles. The van der Waals surface area contributed by atoms with Gasteiger partial charge in [-0.15, -0.1) is 0 Å². The molecule has 24 heavy (non-hydrogen) atoms. The number of nitrogens with two attached hydrogens (primary N) is 1. The smallest absolute Gasteiger partial charge is 0.267 e. The second-order valence-electron chi connectivity index (χ2n) is 6.55. The Kier molecular flexibility index (Phi) is 5.62. The van der Waals surface area contributed by atoms with Crippen LogP contribution in [0.15, 0.2) is 46.2 Å². The molecule has 0 fully saturated rings. The van der Waals surface area contributed by atoms with Crippen LogP contribution in [0.25, 0.3) is 0 Å². The third-order valence-corrected chi connectivity index (χ3v) is 4.20. The Bertz CT molecular complexity index is 701. The lowest BCUT2D eigenvalue weighted by atomic mass is 9.87. The van der Waals surface area contributed by atoms with Crippen molar-refractivity contribution in [1.82, 2.24) is 0 Å². The van der Waals surface area contributed by atoms with Gasteiger partial charge in [0.1, 0.15) is 0 Å². The van der Waals surface area contributed by atoms with E-state index in [1.807, 2.05) is 41.1 Å². The molecular weight excluding hydrogens is 322 g/mol. The Morgan fingerprint density at radius 2 is 1.92 bits per heavy atom. The van der Waals surface area contributed by atoms with Crippen molar-refractivity contribution < 1.29 is 9.63 Å². The van der Waals surface area contributed by atoms with E-state index in [1.165, 1.54) is 16.9 Å². The zero-order valence-corrected chi connectivity index (χ0v) is 15.2. The minimum absolute atomic E-state index is 0.0762. The first-order chi connectivity index (χ1) is 11.3. The number of hydrogen-bond acceptors (Lipinski definition) is 4. The molecule has 0 spiro atoms. The van der Waals surface area contributed by atoms with Crippen LogP contribution in [0.1, 0.15) is 38.8 Å². The second kappa shape index (κ2) is 7.49. The van der Waals surface area contributed by atoms with Gasteiger partial charge in [-0.1, -0.05) is 38.1 Å². The normalized spacial score (nSPS) is 13.4. The molecule has 6 heteroatoms. The molecule has 0 saturated heterocycles. The van der Waals surface area contributed by atoms with Crippen molar-refractivity contribution in [2.75, 3.05) is 5.32 Å². The summed E-state index contributed by atoms with van der Waals surface area (Å²) in [5, 5.41) is 10.4. The molecule has 2 rings (SSSR count). The van der Waals surface area contributed by atoms with Crippen LogP contribution in [0.4, 0.5) is 5.69 Å². The van der Waals surface area contributed by atoms with Crippen molar-refractivity contribution in [2.45, 2.75) is 39.2 Å². The minimum atomic E-state index is -0.746. The summed E-state index contributed by atoms with van der Waals surface area (Å²) < 4.78 is 0. The number of nitrogens with one attached hydrogen (secondary N) is 1. The van der Waals surface area contributed by atoms with E-state index in [9.17, 15) is 4.79 Å². The zero-order valence-electron chi connectivity index (χ0n) is 14.4. The average Bonchev–Trinajstić information content (AvgIpc) is 3.06. The van der Waals surface area contributed by atoms with Crippen LogP contribution in [0.3, 0.4) is 0 Å². The number of amidine groups is 1. The van der Waals surface area contributed by atoms with Gasteiger partial charge in [-0.2, -0.15) is 11.3 Å². The molecule has 0 aliphatic rings. The standard InChI is InChI=1S/C18H23N3O2S/c1-12(23-21-16(19)13-9-10-24-11-13)17(22)20-15-7-5-14(6-8-15)18(2,3)4/h5-12H,1-4H3,(H2,19,21)(H,20,22). The highest BCUT2D eigenvalue weighted by Crippen LogP contribution is 2.23. The molecule has 0 radical (unpaired) electrons. The molecular formula is C18H23N3O2S. The molecule has 1 unspecified atom stereocenters. The SMILES string of the molecule is CC(O/N=C(\N)c1ccsc1)C(=O)Nc1ccc(C(C)(C)C)cc1. The molecule has 0 aliphatic heterocycles. The summed E-state index contributed by atoms with van der Waals surface area (Å²) in [5.41, 5.74) is 8.58. The molecule has 1 amide bonds. The van der Waals surface area contributed by atoms with Crippen LogP contribution in [0, 0.1) is 0 Å². The first kappa shape index (κ1) is 18.0. The highest BCUT2D eigenvalue weighted by molar-refractivity contribution is 7.08. The van der Waals surface area contributed by atoms with Crippen LogP contribution in [-0.2, 0) is 15.0 Å². The van der Waals surface area contributed by atoms with Crippen molar-refractivity contribution in [3.63, 3.8) is 0 Å². The van der Waals surface area contributed by atoms with E-state index >= 15 is 0 Å². The zero-order chi connectivity index (χ0) is 17.7. The third-order valence-electron chi connectivity index (χ3n) is 3.51. The van der Waals surface area contributed by atoms with E-state index < -0.39 is 6.10 Å². The number of amides is 1. The highest BCUT2D eigenvalue weighted by atomic mass is 32.1. The molecule has 1 aromatic carbocycles. The van der Waals surface area contributed by atoms with Gasteiger partial charge in [-0.25, -0.2) is 0 Å². The molecule has 2 aromatic rings. The van der Waals surface area contributed by atoms with E-state index in [1.54, 1.807) is 6.92 Å². The molecule has 1 atom stereocenters. The van der Waals surface area contributed by atoms with Gasteiger partial charge in [0.05, 0.1) is 0 Å². The largest absolute Gasteiger partial charge is 0.381 e.